The van der Waals surface area contributed by atoms with Gasteiger partial charge in [0, 0.05) is 13.2 Å². The standard InChI is InChI=1S/C14H18FNO2/c15-12-6-4-11(5-7-12)8-9-16-14(17)13-3-1-2-10-18-13/h4-7,13H,1-3,8-10H2,(H,16,17). The number of hydrogen-bond donors (Lipinski definition) is 1. The van der Waals surface area contributed by atoms with E-state index in [1.165, 1.54) is 12.1 Å². The van der Waals surface area contributed by atoms with Gasteiger partial charge in [-0.25, -0.2) is 4.39 Å². The summed E-state index contributed by atoms with van der Waals surface area (Å²) in [6, 6.07) is 6.33. The summed E-state index contributed by atoms with van der Waals surface area (Å²) >= 11 is 0. The van der Waals surface area contributed by atoms with Gasteiger partial charge in [-0.05, 0) is 43.4 Å². The van der Waals surface area contributed by atoms with Crippen LogP contribution in [0.5, 0.6) is 0 Å². The molecular weight excluding hydrogens is 233 g/mol. The molecule has 1 aliphatic rings. The van der Waals surface area contributed by atoms with Gasteiger partial charge in [0.1, 0.15) is 11.9 Å². The molecule has 1 amide bonds. The first-order chi connectivity index (χ1) is 8.75. The summed E-state index contributed by atoms with van der Waals surface area (Å²) in [5, 5.41) is 2.86. The Kier molecular flexibility index (Phi) is 4.70. The van der Waals surface area contributed by atoms with Crippen molar-refractivity contribution in [3.8, 4) is 0 Å². The van der Waals surface area contributed by atoms with E-state index in [9.17, 15) is 9.18 Å². The number of rotatable bonds is 4. The molecule has 1 aromatic carbocycles. The molecule has 18 heavy (non-hydrogen) atoms. The number of nitrogens with one attached hydrogen (secondary N) is 1. The van der Waals surface area contributed by atoms with Crippen LogP contribution in [0.4, 0.5) is 4.39 Å². The van der Waals surface area contributed by atoms with Crippen LogP contribution in [0.25, 0.3) is 0 Å². The quantitative estimate of drug-likeness (QED) is 0.889. The third-order valence-corrected chi connectivity index (χ3v) is 3.10. The van der Waals surface area contributed by atoms with Crippen molar-refractivity contribution >= 4 is 5.91 Å². The van der Waals surface area contributed by atoms with Gasteiger partial charge in [-0.3, -0.25) is 4.79 Å². The molecule has 1 aromatic rings. The molecule has 1 saturated heterocycles. The molecule has 1 fully saturated rings. The third-order valence-electron chi connectivity index (χ3n) is 3.10. The van der Waals surface area contributed by atoms with Gasteiger partial charge >= 0.3 is 0 Å². The number of ether oxygens (including phenoxy) is 1. The Morgan fingerprint density at radius 3 is 2.78 bits per heavy atom. The third kappa shape index (κ3) is 3.81. The van der Waals surface area contributed by atoms with Crippen LogP contribution < -0.4 is 5.32 Å². The summed E-state index contributed by atoms with van der Waals surface area (Å²) in [7, 11) is 0. The van der Waals surface area contributed by atoms with E-state index in [4.69, 9.17) is 4.74 Å². The highest BCUT2D eigenvalue weighted by Gasteiger charge is 2.21. The van der Waals surface area contributed by atoms with Crippen LogP contribution in [0.15, 0.2) is 24.3 Å². The molecule has 0 spiro atoms. The van der Waals surface area contributed by atoms with Crippen LogP contribution in [-0.4, -0.2) is 25.2 Å². The normalized spacial score (nSPS) is 19.5. The van der Waals surface area contributed by atoms with Crippen LogP contribution in [-0.2, 0) is 16.0 Å². The Morgan fingerprint density at radius 2 is 2.11 bits per heavy atom. The summed E-state index contributed by atoms with van der Waals surface area (Å²) < 4.78 is 18.1. The molecule has 1 heterocycles. The largest absolute Gasteiger partial charge is 0.368 e. The number of halogens is 1. The molecule has 98 valence electrons. The topological polar surface area (TPSA) is 38.3 Å². The predicted octanol–water partition coefficient (Wildman–Crippen LogP) is 2.05. The van der Waals surface area contributed by atoms with Crippen LogP contribution >= 0.6 is 0 Å². The van der Waals surface area contributed by atoms with Crippen molar-refractivity contribution in [2.45, 2.75) is 31.8 Å². The minimum absolute atomic E-state index is 0.0307. The Morgan fingerprint density at radius 1 is 1.33 bits per heavy atom. The maximum Gasteiger partial charge on any atom is 0.249 e. The van der Waals surface area contributed by atoms with Crippen LogP contribution in [0.1, 0.15) is 24.8 Å². The minimum Gasteiger partial charge on any atom is -0.368 e. The lowest BCUT2D eigenvalue weighted by atomic mass is 10.1. The van der Waals surface area contributed by atoms with Gasteiger partial charge in [0.05, 0.1) is 0 Å². The molecule has 0 aliphatic carbocycles. The Bertz CT molecular complexity index is 385. The number of carbonyl (C=O) groups is 1. The van der Waals surface area contributed by atoms with Gasteiger partial charge in [-0.2, -0.15) is 0 Å². The van der Waals surface area contributed by atoms with Crippen LogP contribution in [0, 0.1) is 5.82 Å². The monoisotopic (exact) mass is 251 g/mol. The fourth-order valence-electron chi connectivity index (χ4n) is 2.04. The van der Waals surface area contributed by atoms with E-state index >= 15 is 0 Å². The molecule has 0 radical (unpaired) electrons. The molecule has 0 bridgehead atoms. The fraction of sp³-hybridized carbons (Fsp3) is 0.500. The van der Waals surface area contributed by atoms with E-state index in [1.807, 2.05) is 0 Å². The molecule has 0 aromatic heterocycles. The average molecular weight is 251 g/mol. The maximum atomic E-state index is 12.7. The van der Waals surface area contributed by atoms with E-state index in [1.54, 1.807) is 12.1 Å². The highest BCUT2D eigenvalue weighted by Crippen LogP contribution is 2.12. The average Bonchev–Trinajstić information content (AvgIpc) is 2.42. The van der Waals surface area contributed by atoms with Crippen molar-refractivity contribution < 1.29 is 13.9 Å². The summed E-state index contributed by atoms with van der Waals surface area (Å²) in [4.78, 5) is 11.7. The van der Waals surface area contributed by atoms with Crippen molar-refractivity contribution in [2.24, 2.45) is 0 Å². The number of hydrogen-bond acceptors (Lipinski definition) is 2. The van der Waals surface area contributed by atoms with Gasteiger partial charge in [-0.1, -0.05) is 12.1 Å². The summed E-state index contributed by atoms with van der Waals surface area (Å²) in [6.07, 6.45) is 3.32. The SMILES string of the molecule is O=C(NCCc1ccc(F)cc1)C1CCCCO1. The zero-order valence-electron chi connectivity index (χ0n) is 10.3. The van der Waals surface area contributed by atoms with Gasteiger partial charge in [-0.15, -0.1) is 0 Å². The summed E-state index contributed by atoms with van der Waals surface area (Å²) in [5.41, 5.74) is 1.02. The molecule has 1 unspecified atom stereocenters. The Hall–Kier alpha value is -1.42. The molecular formula is C14H18FNO2. The summed E-state index contributed by atoms with van der Waals surface area (Å²) in [6.45, 7) is 1.24. The molecule has 0 saturated carbocycles. The van der Waals surface area contributed by atoms with E-state index < -0.39 is 0 Å². The Labute approximate surface area is 106 Å². The van der Waals surface area contributed by atoms with Crippen molar-refractivity contribution in [1.82, 2.24) is 5.32 Å². The van der Waals surface area contributed by atoms with E-state index in [0.717, 1.165) is 24.8 Å². The van der Waals surface area contributed by atoms with Crippen LogP contribution in [0.2, 0.25) is 0 Å². The van der Waals surface area contributed by atoms with E-state index in [0.29, 0.717) is 19.6 Å². The minimum atomic E-state index is -0.285. The number of amides is 1. The van der Waals surface area contributed by atoms with Crippen molar-refractivity contribution in [3.63, 3.8) is 0 Å². The highest BCUT2D eigenvalue weighted by molar-refractivity contribution is 5.80. The first-order valence-corrected chi connectivity index (χ1v) is 6.39. The highest BCUT2D eigenvalue weighted by atomic mass is 19.1. The lowest BCUT2D eigenvalue weighted by molar-refractivity contribution is -0.135. The van der Waals surface area contributed by atoms with Crippen molar-refractivity contribution in [3.05, 3.63) is 35.6 Å². The van der Waals surface area contributed by atoms with Gasteiger partial charge in [0.15, 0.2) is 0 Å². The molecule has 3 nitrogen and oxygen atoms in total. The molecule has 1 atom stereocenters. The fourth-order valence-corrected chi connectivity index (χ4v) is 2.04. The second-order valence-electron chi connectivity index (χ2n) is 4.52. The van der Waals surface area contributed by atoms with Gasteiger partial charge in [0.25, 0.3) is 0 Å². The zero-order valence-corrected chi connectivity index (χ0v) is 10.3. The van der Waals surface area contributed by atoms with Gasteiger partial charge in [0.2, 0.25) is 5.91 Å². The smallest absolute Gasteiger partial charge is 0.249 e. The number of carbonyl (C=O) groups excluding carboxylic acids is 1. The van der Waals surface area contributed by atoms with Crippen molar-refractivity contribution in [1.29, 1.82) is 0 Å². The molecule has 4 heteroatoms. The first-order valence-electron chi connectivity index (χ1n) is 6.39. The number of benzene rings is 1. The molecule has 2 rings (SSSR count). The zero-order chi connectivity index (χ0) is 12.8. The van der Waals surface area contributed by atoms with Crippen molar-refractivity contribution in [2.75, 3.05) is 13.2 Å². The first kappa shape index (κ1) is 13.0. The molecule has 1 aliphatic heterocycles. The second kappa shape index (κ2) is 6.50. The lowest BCUT2D eigenvalue weighted by Crippen LogP contribution is -2.39. The molecule has 1 N–H and O–H groups in total. The van der Waals surface area contributed by atoms with Gasteiger partial charge < -0.3 is 10.1 Å². The summed E-state index contributed by atoms with van der Waals surface area (Å²) in [5.74, 6) is -0.268. The van der Waals surface area contributed by atoms with E-state index in [2.05, 4.69) is 5.32 Å². The van der Waals surface area contributed by atoms with E-state index in [-0.39, 0.29) is 17.8 Å². The van der Waals surface area contributed by atoms with Crippen LogP contribution in [0.3, 0.4) is 0 Å². The predicted molar refractivity (Wildman–Crippen MR) is 66.7 cm³/mol. The Balaban J connectivity index is 1.71. The second-order valence-corrected chi connectivity index (χ2v) is 4.52. The lowest BCUT2D eigenvalue weighted by Gasteiger charge is -2.21. The maximum absolute atomic E-state index is 12.7.